The van der Waals surface area contributed by atoms with Gasteiger partial charge in [-0.3, -0.25) is 0 Å². The van der Waals surface area contributed by atoms with Crippen molar-refractivity contribution in [3.05, 3.63) is 194 Å². The molecule has 4 aromatic rings. The third kappa shape index (κ3) is 8.40. The van der Waals surface area contributed by atoms with Gasteiger partial charge in [0.15, 0.2) is 0 Å². The van der Waals surface area contributed by atoms with E-state index in [1.807, 2.05) is 0 Å². The molecule has 2 saturated carbocycles. The Kier molecular flexibility index (Phi) is 14.7. The Hall–Kier alpha value is -2.70. The normalized spacial score (nSPS) is 23.2. The first-order valence-corrected chi connectivity index (χ1v) is 26.4. The molecule has 0 amide bonds. The first kappa shape index (κ1) is 44.4. The Morgan fingerprint density at radius 2 is 0.786 bits per heavy atom. The molecular weight excluding hydrogens is 799 g/mol. The zero-order chi connectivity index (χ0) is 38.1. The second-order valence-electron chi connectivity index (χ2n) is 18.0. The van der Waals surface area contributed by atoms with Crippen molar-refractivity contribution in [2.24, 2.45) is 46.3 Å². The van der Waals surface area contributed by atoms with E-state index in [4.69, 9.17) is 17.0 Å². The van der Waals surface area contributed by atoms with Gasteiger partial charge in [0, 0.05) is 5.41 Å². The van der Waals surface area contributed by atoms with Crippen LogP contribution in [0.15, 0.2) is 157 Å². The molecule has 56 heavy (non-hydrogen) atoms. The number of halogens is 2. The maximum atomic E-state index is 4.93. The molecule has 0 aromatic heterocycles. The van der Waals surface area contributed by atoms with Gasteiger partial charge in [-0.25, -0.2) is 0 Å². The molecule has 0 nitrogen and oxygen atoms in total. The minimum atomic E-state index is -0.826. The van der Waals surface area contributed by atoms with E-state index in [2.05, 4.69) is 187 Å². The van der Waals surface area contributed by atoms with E-state index in [1.165, 1.54) is 70.2 Å². The van der Waals surface area contributed by atoms with E-state index in [9.17, 15) is 0 Å². The third-order valence-electron chi connectivity index (χ3n) is 13.0. The van der Waals surface area contributed by atoms with E-state index >= 15 is 0 Å². The average Bonchev–Trinajstić information content (AvgIpc) is 3.83. The van der Waals surface area contributed by atoms with E-state index in [0.717, 1.165) is 0 Å². The fourth-order valence-corrected chi connectivity index (χ4v) is 11.0. The van der Waals surface area contributed by atoms with Gasteiger partial charge in [0.25, 0.3) is 0 Å². The van der Waals surface area contributed by atoms with Crippen LogP contribution in [0.1, 0.15) is 89.5 Å². The van der Waals surface area contributed by atoms with Crippen LogP contribution in [0.25, 0.3) is 11.1 Å². The van der Waals surface area contributed by atoms with Crippen molar-refractivity contribution in [2.45, 2.75) is 72.6 Å². The second kappa shape index (κ2) is 18.5. The van der Waals surface area contributed by atoms with Gasteiger partial charge in [-0.15, -0.1) is 0 Å². The van der Waals surface area contributed by atoms with Crippen molar-refractivity contribution >= 4 is 28.2 Å². The summed E-state index contributed by atoms with van der Waals surface area (Å²) in [6.07, 6.45) is 16.3. The Balaban J connectivity index is 0.00000116. The van der Waals surface area contributed by atoms with Crippen LogP contribution in [0, 0.1) is 61.2 Å². The van der Waals surface area contributed by atoms with Gasteiger partial charge in [-0.2, -0.15) is 0 Å². The third-order valence-corrected chi connectivity index (χ3v) is 13.0. The van der Waals surface area contributed by atoms with E-state index in [1.54, 1.807) is 0 Å². The van der Waals surface area contributed by atoms with Crippen molar-refractivity contribution in [2.75, 3.05) is 0 Å². The zero-order valence-electron chi connectivity index (χ0n) is 34.9. The molecule has 0 spiro atoms. The summed E-state index contributed by atoms with van der Waals surface area (Å²) in [5.74, 6) is 2.56. The summed E-state index contributed by atoms with van der Waals surface area (Å²) in [5, 5.41) is 0. The van der Waals surface area contributed by atoms with Gasteiger partial charge in [-0.1, -0.05) is 200 Å². The molecule has 0 radical (unpaired) electrons. The molecule has 2 fully saturated rings. The molecule has 4 atom stereocenters. The van der Waals surface area contributed by atoms with Crippen molar-refractivity contribution in [3.8, 4) is 0 Å². The summed E-state index contributed by atoms with van der Waals surface area (Å²) >= 11 is -0.826. The number of hydrogen-bond acceptors (Lipinski definition) is 0. The monoisotopic (exact) mass is 858 g/mol. The molecule has 0 bridgehead atoms. The fourth-order valence-electron chi connectivity index (χ4n) is 11.0. The summed E-state index contributed by atoms with van der Waals surface area (Å²) in [6.45, 7) is 14.5. The number of benzene rings is 4. The number of rotatable bonds is 6. The van der Waals surface area contributed by atoms with Crippen LogP contribution >= 0.6 is 17.0 Å². The molecule has 3 heteroatoms. The van der Waals surface area contributed by atoms with Gasteiger partial charge in [0.05, 0.1) is 0 Å². The summed E-state index contributed by atoms with van der Waals surface area (Å²) in [5.41, 5.74) is 11.5. The topological polar surface area (TPSA) is 0 Å². The predicted molar refractivity (Wildman–Crippen MR) is 242 cm³/mol. The van der Waals surface area contributed by atoms with Gasteiger partial charge < -0.3 is 14.9 Å². The van der Waals surface area contributed by atoms with Gasteiger partial charge in [0.1, 0.15) is 0 Å². The zero-order valence-corrected chi connectivity index (χ0v) is 38.9. The van der Waals surface area contributed by atoms with Crippen LogP contribution in [0.2, 0.25) is 0 Å². The van der Waals surface area contributed by atoms with Crippen molar-refractivity contribution in [1.82, 2.24) is 0 Å². The molecule has 4 unspecified atom stereocenters. The average molecular weight is 861 g/mol. The van der Waals surface area contributed by atoms with Gasteiger partial charge in [-0.05, 0) is 104 Å². The SMILES string of the molecule is CC(C)(C)C1=CC2C3C=C(C(C)(C)C)C(c4ccccc4)=CC3C(C(c3ccccc3)(c3ccccc3)C3CCCC3)C2C=C1c1ccccc1.[CH3-].[CH3-].[Cl][Zr+2][Cl]. The summed E-state index contributed by atoms with van der Waals surface area (Å²) in [6, 6.07) is 46.1. The van der Waals surface area contributed by atoms with E-state index in [-0.39, 0.29) is 31.1 Å². The molecule has 0 N–H and O–H groups in total. The molecular formula is C53H62Cl2Zr. The second-order valence-corrected chi connectivity index (χ2v) is 21.8. The Morgan fingerprint density at radius 1 is 0.464 bits per heavy atom. The molecule has 4 aliphatic rings. The van der Waals surface area contributed by atoms with Crippen LogP contribution in [0.5, 0.6) is 0 Å². The number of fused-ring (bicyclic) bond motifs is 3. The first-order valence-electron chi connectivity index (χ1n) is 20.1. The summed E-state index contributed by atoms with van der Waals surface area (Å²) in [4.78, 5) is 0. The van der Waals surface area contributed by atoms with Crippen molar-refractivity contribution < 1.29 is 20.8 Å². The molecule has 8 rings (SSSR count). The summed E-state index contributed by atoms with van der Waals surface area (Å²) < 4.78 is 0. The van der Waals surface area contributed by atoms with Crippen molar-refractivity contribution in [3.63, 3.8) is 0 Å². The molecule has 292 valence electrons. The Bertz CT molecular complexity index is 1850. The van der Waals surface area contributed by atoms with Crippen LogP contribution in [-0.4, -0.2) is 0 Å². The fraction of sp³-hybridized carbons (Fsp3) is 0.358. The predicted octanol–water partition coefficient (Wildman–Crippen LogP) is 15.7. The maximum absolute atomic E-state index is 4.93. The van der Waals surface area contributed by atoms with Crippen LogP contribution < -0.4 is 0 Å². The van der Waals surface area contributed by atoms with Crippen molar-refractivity contribution in [1.29, 1.82) is 0 Å². The standard InChI is InChI=1S/C51H56.2CH3.2ClH.Zr/c1-49(2,3)46-33-42-43-34-47(50(4,5)6)41(36-23-13-8-14-24-36)32-45(43)48(44(42)31-40(46)35-21-11-7-12-22-35)51(39-29-19-20-30-39,37-25-15-9-16-26-37)38-27-17-10-18-28-38;;;;;/h7-18,21-28,31-34,39,42-45,48H,19-20,29-30H2,1-6H3;2*1H3;2*1H;/q;2*-1;;;+4/p-2. The first-order chi connectivity index (χ1) is 26.0. The van der Waals surface area contributed by atoms with E-state index in [0.29, 0.717) is 35.5 Å². The molecule has 0 saturated heterocycles. The number of allylic oxidation sites excluding steroid dienone is 8. The Morgan fingerprint density at radius 3 is 1.11 bits per heavy atom. The quantitative estimate of drug-likeness (QED) is 0.169. The Labute approximate surface area is 359 Å². The molecule has 4 aliphatic carbocycles. The summed E-state index contributed by atoms with van der Waals surface area (Å²) in [7, 11) is 9.87. The van der Waals surface area contributed by atoms with Crippen LogP contribution in [-0.2, 0) is 26.3 Å². The van der Waals surface area contributed by atoms with E-state index < -0.39 is 20.8 Å². The van der Waals surface area contributed by atoms with Crippen LogP contribution in [0.3, 0.4) is 0 Å². The van der Waals surface area contributed by atoms with Gasteiger partial charge in [0.2, 0.25) is 0 Å². The minimum absolute atomic E-state index is 0. The number of hydrogen-bond donors (Lipinski definition) is 0. The molecule has 4 aromatic carbocycles. The molecule has 0 heterocycles. The van der Waals surface area contributed by atoms with Crippen LogP contribution in [0.4, 0.5) is 0 Å². The van der Waals surface area contributed by atoms with Gasteiger partial charge >= 0.3 is 37.9 Å². The molecule has 0 aliphatic heterocycles.